The van der Waals surface area contributed by atoms with Crippen molar-refractivity contribution in [3.05, 3.63) is 61.1 Å². The van der Waals surface area contributed by atoms with E-state index in [-0.39, 0.29) is 4.90 Å². The third-order valence-corrected chi connectivity index (χ3v) is 6.25. The van der Waals surface area contributed by atoms with Gasteiger partial charge >= 0.3 is 10.2 Å². The molecule has 1 aliphatic rings. The van der Waals surface area contributed by atoms with Gasteiger partial charge in [0.2, 0.25) is 0 Å². The highest BCUT2D eigenvalue weighted by atomic mass is 32.3. The summed E-state index contributed by atoms with van der Waals surface area (Å²) in [5, 5.41) is 1.95. The van der Waals surface area contributed by atoms with E-state index in [9.17, 15) is 12.3 Å². The molecule has 0 unspecified atom stereocenters. The maximum absolute atomic E-state index is 13.5. The van der Waals surface area contributed by atoms with Gasteiger partial charge in [0.1, 0.15) is 5.65 Å². The normalized spacial score (nSPS) is 17.5. The lowest BCUT2D eigenvalue weighted by atomic mass is 10.0. The average Bonchev–Trinajstić information content (AvgIpc) is 3.32. The van der Waals surface area contributed by atoms with Gasteiger partial charge in [-0.15, -0.1) is 3.89 Å². The summed E-state index contributed by atoms with van der Waals surface area (Å²) in [5.41, 5.74) is 3.39. The van der Waals surface area contributed by atoms with Crippen molar-refractivity contribution in [2.75, 3.05) is 0 Å². The van der Waals surface area contributed by atoms with Crippen LogP contribution in [0.15, 0.2) is 66.0 Å². The standard InChI is InChI=1S/C21H18FN3O2S/c22-28(26,27)16-8-4-5-14(11-16)19-13-25(15-6-2-1-3-7-15)20-17-9-10-23-21(17)24-12-18(19)20/h1-2,4-5,8-13,15H,3,6-7H2,(H,23,24)/t15-/m1/s1. The van der Waals surface area contributed by atoms with Crippen LogP contribution < -0.4 is 0 Å². The number of pyridine rings is 1. The van der Waals surface area contributed by atoms with Crippen molar-refractivity contribution in [3.8, 4) is 11.1 Å². The molecule has 1 atom stereocenters. The first kappa shape index (κ1) is 17.2. The first-order chi connectivity index (χ1) is 13.5. The van der Waals surface area contributed by atoms with Crippen molar-refractivity contribution in [2.24, 2.45) is 0 Å². The molecular weight excluding hydrogens is 377 g/mol. The molecule has 0 saturated carbocycles. The smallest absolute Gasteiger partial charge is 0.332 e. The van der Waals surface area contributed by atoms with Crippen molar-refractivity contribution in [1.82, 2.24) is 14.5 Å². The number of fused-ring (bicyclic) bond motifs is 3. The summed E-state index contributed by atoms with van der Waals surface area (Å²) in [7, 11) is -4.76. The molecule has 0 amide bonds. The van der Waals surface area contributed by atoms with Gasteiger partial charge in [-0.05, 0) is 43.0 Å². The molecule has 0 aliphatic heterocycles. The lowest BCUT2D eigenvalue weighted by Crippen LogP contribution is -2.09. The van der Waals surface area contributed by atoms with Crippen molar-refractivity contribution < 1.29 is 12.3 Å². The van der Waals surface area contributed by atoms with Crippen LogP contribution in [0.1, 0.15) is 25.3 Å². The van der Waals surface area contributed by atoms with Crippen LogP contribution in [0, 0.1) is 0 Å². The maximum atomic E-state index is 13.5. The summed E-state index contributed by atoms with van der Waals surface area (Å²) in [6, 6.07) is 8.34. The molecule has 7 heteroatoms. The van der Waals surface area contributed by atoms with Gasteiger partial charge in [0.25, 0.3) is 0 Å². The van der Waals surface area contributed by atoms with Gasteiger partial charge in [-0.2, -0.15) is 8.42 Å². The summed E-state index contributed by atoms with van der Waals surface area (Å²) >= 11 is 0. The van der Waals surface area contributed by atoms with E-state index in [0.29, 0.717) is 11.6 Å². The zero-order valence-electron chi connectivity index (χ0n) is 15.0. The molecule has 0 fully saturated rings. The number of halogens is 1. The second kappa shape index (κ2) is 6.31. The number of rotatable bonds is 3. The van der Waals surface area contributed by atoms with Gasteiger partial charge in [0, 0.05) is 41.0 Å². The Morgan fingerprint density at radius 3 is 2.86 bits per heavy atom. The van der Waals surface area contributed by atoms with E-state index < -0.39 is 10.2 Å². The Kier molecular flexibility index (Phi) is 3.87. The molecular formula is C21H18FN3O2S. The van der Waals surface area contributed by atoms with E-state index in [4.69, 9.17) is 0 Å². The fraction of sp³-hybridized carbons (Fsp3) is 0.190. The van der Waals surface area contributed by atoms with Crippen molar-refractivity contribution in [1.29, 1.82) is 0 Å². The van der Waals surface area contributed by atoms with Crippen LogP contribution in [-0.2, 0) is 10.2 Å². The minimum Gasteiger partial charge on any atom is -0.346 e. The van der Waals surface area contributed by atoms with E-state index in [1.165, 1.54) is 12.1 Å². The average molecular weight is 395 g/mol. The highest BCUT2D eigenvalue weighted by molar-refractivity contribution is 7.86. The monoisotopic (exact) mass is 395 g/mol. The summed E-state index contributed by atoms with van der Waals surface area (Å²) in [6.45, 7) is 0. The molecule has 28 heavy (non-hydrogen) atoms. The number of allylic oxidation sites excluding steroid dienone is 2. The van der Waals surface area contributed by atoms with Crippen molar-refractivity contribution in [2.45, 2.75) is 30.2 Å². The Balaban J connectivity index is 1.80. The van der Waals surface area contributed by atoms with Gasteiger partial charge in [0.05, 0.1) is 10.4 Å². The van der Waals surface area contributed by atoms with Crippen LogP contribution in [0.25, 0.3) is 33.1 Å². The van der Waals surface area contributed by atoms with Gasteiger partial charge in [-0.3, -0.25) is 0 Å². The number of aromatic nitrogens is 3. The predicted molar refractivity (Wildman–Crippen MR) is 107 cm³/mol. The highest BCUT2D eigenvalue weighted by Crippen LogP contribution is 2.38. The third-order valence-electron chi connectivity index (χ3n) is 5.44. The van der Waals surface area contributed by atoms with E-state index in [1.807, 2.05) is 18.5 Å². The molecule has 4 aromatic rings. The SMILES string of the molecule is O=S(=O)(F)c1cccc(-c2cn([C@@H]3CC=CCC3)c3c2cnc2[nH]ccc23)c1. The molecule has 1 aromatic carbocycles. The van der Waals surface area contributed by atoms with Crippen LogP contribution in [-0.4, -0.2) is 23.0 Å². The van der Waals surface area contributed by atoms with E-state index in [1.54, 1.807) is 18.3 Å². The van der Waals surface area contributed by atoms with E-state index >= 15 is 0 Å². The Hall–Kier alpha value is -2.93. The Labute approximate surface area is 161 Å². The number of H-pyrrole nitrogens is 1. The Morgan fingerprint density at radius 2 is 2.07 bits per heavy atom. The van der Waals surface area contributed by atoms with Gasteiger partial charge in [0.15, 0.2) is 0 Å². The Morgan fingerprint density at radius 1 is 1.18 bits per heavy atom. The highest BCUT2D eigenvalue weighted by Gasteiger charge is 2.21. The van der Waals surface area contributed by atoms with Crippen LogP contribution >= 0.6 is 0 Å². The molecule has 3 heterocycles. The van der Waals surface area contributed by atoms with Crippen LogP contribution in [0.3, 0.4) is 0 Å². The summed E-state index contributed by atoms with van der Waals surface area (Å²) in [6.07, 6.45) is 13.1. The summed E-state index contributed by atoms with van der Waals surface area (Å²) < 4.78 is 38.6. The number of benzene rings is 1. The molecule has 0 bridgehead atoms. The first-order valence-corrected chi connectivity index (χ1v) is 10.6. The number of nitrogens with zero attached hydrogens (tertiary/aromatic N) is 2. The molecule has 0 spiro atoms. The van der Waals surface area contributed by atoms with Crippen LogP contribution in [0.2, 0.25) is 0 Å². The van der Waals surface area contributed by atoms with Gasteiger partial charge in [-0.25, -0.2) is 4.98 Å². The molecule has 3 aromatic heterocycles. The van der Waals surface area contributed by atoms with Crippen LogP contribution in [0.5, 0.6) is 0 Å². The minimum atomic E-state index is -4.76. The van der Waals surface area contributed by atoms with Crippen molar-refractivity contribution in [3.63, 3.8) is 0 Å². The number of nitrogens with one attached hydrogen (secondary N) is 1. The molecule has 0 saturated heterocycles. The number of aromatic amines is 1. The third kappa shape index (κ3) is 2.74. The predicted octanol–water partition coefficient (Wildman–Crippen LogP) is 5.12. The molecule has 142 valence electrons. The maximum Gasteiger partial charge on any atom is 0.332 e. The fourth-order valence-corrected chi connectivity index (χ4v) is 4.61. The molecule has 5 rings (SSSR count). The van der Waals surface area contributed by atoms with Gasteiger partial charge in [-0.1, -0.05) is 24.3 Å². The second-order valence-electron chi connectivity index (χ2n) is 7.11. The lowest BCUT2D eigenvalue weighted by Gasteiger charge is -2.21. The number of hydrogen-bond donors (Lipinski definition) is 1. The lowest BCUT2D eigenvalue weighted by molar-refractivity contribution is 0.475. The van der Waals surface area contributed by atoms with E-state index in [2.05, 4.69) is 26.7 Å². The molecule has 5 nitrogen and oxygen atoms in total. The van der Waals surface area contributed by atoms with Gasteiger partial charge < -0.3 is 9.55 Å². The Bertz CT molecular complexity index is 1330. The largest absolute Gasteiger partial charge is 0.346 e. The summed E-state index contributed by atoms with van der Waals surface area (Å²) in [4.78, 5) is 7.33. The number of hydrogen-bond acceptors (Lipinski definition) is 3. The minimum absolute atomic E-state index is 0.315. The van der Waals surface area contributed by atoms with Crippen LogP contribution in [0.4, 0.5) is 3.89 Å². The van der Waals surface area contributed by atoms with E-state index in [0.717, 1.165) is 46.8 Å². The quantitative estimate of drug-likeness (QED) is 0.386. The second-order valence-corrected chi connectivity index (χ2v) is 8.46. The zero-order valence-corrected chi connectivity index (χ0v) is 15.8. The topological polar surface area (TPSA) is 67.8 Å². The fourth-order valence-electron chi connectivity index (χ4n) is 4.11. The van der Waals surface area contributed by atoms with Crippen molar-refractivity contribution >= 4 is 32.2 Å². The first-order valence-electron chi connectivity index (χ1n) is 9.19. The molecule has 1 N–H and O–H groups in total. The summed E-state index contributed by atoms with van der Waals surface area (Å²) in [5.74, 6) is 0. The molecule has 0 radical (unpaired) electrons. The molecule has 1 aliphatic carbocycles. The zero-order chi connectivity index (χ0) is 19.3.